The highest BCUT2D eigenvalue weighted by Gasteiger charge is 2.03. The Bertz CT molecular complexity index is 363. The number of nitrogens with zero attached hydrogens (tertiary/aromatic N) is 2. The summed E-state index contributed by atoms with van der Waals surface area (Å²) in [6.07, 6.45) is 1.94. The van der Waals surface area contributed by atoms with E-state index in [1.807, 2.05) is 16.9 Å². The Hall–Kier alpha value is -1.40. The van der Waals surface area contributed by atoms with E-state index in [1.54, 1.807) is 7.11 Å². The second kappa shape index (κ2) is 7.84. The van der Waals surface area contributed by atoms with Crippen LogP contribution >= 0.6 is 0 Å². The van der Waals surface area contributed by atoms with E-state index < -0.39 is 0 Å². The summed E-state index contributed by atoms with van der Waals surface area (Å²) < 4.78 is 6.74. The lowest BCUT2D eigenvalue weighted by molar-refractivity contribution is -0.120. The first-order valence-electron chi connectivity index (χ1n) is 6.14. The van der Waals surface area contributed by atoms with Crippen LogP contribution in [0.25, 0.3) is 0 Å². The largest absolute Gasteiger partial charge is 0.383 e. The van der Waals surface area contributed by atoms with Crippen molar-refractivity contribution in [1.82, 2.24) is 20.4 Å². The highest BCUT2D eigenvalue weighted by atomic mass is 16.5. The highest BCUT2D eigenvalue weighted by molar-refractivity contribution is 5.77. The molecule has 0 atom stereocenters. The molecule has 0 radical (unpaired) electrons. The Labute approximate surface area is 108 Å². The average Bonchev–Trinajstić information content (AvgIpc) is 2.78. The molecule has 0 bridgehead atoms. The van der Waals surface area contributed by atoms with Gasteiger partial charge in [-0.25, -0.2) is 0 Å². The summed E-state index contributed by atoms with van der Waals surface area (Å²) in [7, 11) is 1.61. The lowest BCUT2D eigenvalue weighted by atomic mass is 10.4. The molecule has 1 rings (SSSR count). The van der Waals surface area contributed by atoms with Crippen molar-refractivity contribution in [1.29, 1.82) is 0 Å². The Morgan fingerprint density at radius 3 is 2.94 bits per heavy atom. The van der Waals surface area contributed by atoms with E-state index in [-0.39, 0.29) is 12.5 Å². The molecular weight excluding hydrogens is 232 g/mol. The third-order valence-electron chi connectivity index (χ3n) is 2.41. The summed E-state index contributed by atoms with van der Waals surface area (Å²) in [4.78, 5) is 11.4. The minimum atomic E-state index is -0.0321. The van der Waals surface area contributed by atoms with Gasteiger partial charge in [-0.15, -0.1) is 0 Å². The van der Waals surface area contributed by atoms with Gasteiger partial charge in [-0.2, -0.15) is 5.10 Å². The zero-order valence-corrected chi connectivity index (χ0v) is 11.3. The molecule has 1 aromatic heterocycles. The number of carbonyl (C=O) groups excluding carboxylic acids is 1. The predicted molar refractivity (Wildman–Crippen MR) is 69.2 cm³/mol. The molecule has 0 fully saturated rings. The molecule has 0 aromatic carbocycles. The molecular formula is C12H22N4O2. The van der Waals surface area contributed by atoms with E-state index in [0.29, 0.717) is 25.7 Å². The van der Waals surface area contributed by atoms with Crippen molar-refractivity contribution in [3.05, 3.63) is 18.0 Å². The minimum absolute atomic E-state index is 0.0321. The van der Waals surface area contributed by atoms with Crippen LogP contribution in [0.1, 0.15) is 25.6 Å². The van der Waals surface area contributed by atoms with E-state index in [9.17, 15) is 4.79 Å². The molecule has 2 N–H and O–H groups in total. The fraction of sp³-hybridized carbons (Fsp3) is 0.667. The quantitative estimate of drug-likeness (QED) is 0.655. The van der Waals surface area contributed by atoms with Gasteiger partial charge in [-0.05, 0) is 19.9 Å². The van der Waals surface area contributed by atoms with Gasteiger partial charge in [-0.1, -0.05) is 0 Å². The van der Waals surface area contributed by atoms with Crippen LogP contribution in [0.5, 0.6) is 0 Å². The summed E-state index contributed by atoms with van der Waals surface area (Å²) in [5.74, 6) is -0.0321. The third-order valence-corrected chi connectivity index (χ3v) is 2.41. The molecule has 6 nitrogen and oxygen atoms in total. The number of hydrogen-bond donors (Lipinski definition) is 2. The predicted octanol–water partition coefficient (Wildman–Crippen LogP) is 0.316. The Kier molecular flexibility index (Phi) is 6.38. The Morgan fingerprint density at radius 1 is 1.56 bits per heavy atom. The average molecular weight is 254 g/mol. The number of amides is 1. The number of nitrogens with one attached hydrogen (secondary N) is 2. The van der Waals surface area contributed by atoms with Gasteiger partial charge < -0.3 is 15.4 Å². The van der Waals surface area contributed by atoms with Crippen LogP contribution in [-0.2, 0) is 16.1 Å². The molecule has 0 saturated heterocycles. The van der Waals surface area contributed by atoms with Crippen molar-refractivity contribution in [2.45, 2.75) is 26.4 Å². The number of rotatable bonds is 8. The maximum atomic E-state index is 11.4. The van der Waals surface area contributed by atoms with Gasteiger partial charge in [0.1, 0.15) is 0 Å². The molecule has 0 aliphatic rings. The van der Waals surface area contributed by atoms with Crippen LogP contribution in [0.4, 0.5) is 0 Å². The smallest absolute Gasteiger partial charge is 0.234 e. The van der Waals surface area contributed by atoms with Crippen LogP contribution < -0.4 is 10.6 Å². The maximum Gasteiger partial charge on any atom is 0.234 e. The zero-order valence-electron chi connectivity index (χ0n) is 11.3. The Balaban J connectivity index is 2.18. The standard InChI is InChI=1S/C12H22N4O2/c1-10(2)16-6-4-11(15-16)8-13-9-12(17)14-5-7-18-3/h4,6,10,13H,5,7-9H2,1-3H3,(H,14,17). The molecule has 1 heterocycles. The summed E-state index contributed by atoms with van der Waals surface area (Å²) >= 11 is 0. The van der Waals surface area contributed by atoms with Crippen LogP contribution in [0.3, 0.4) is 0 Å². The fourth-order valence-electron chi connectivity index (χ4n) is 1.42. The van der Waals surface area contributed by atoms with Crippen molar-refractivity contribution in [2.24, 2.45) is 0 Å². The summed E-state index contributed by atoms with van der Waals surface area (Å²) in [5, 5.41) is 10.2. The van der Waals surface area contributed by atoms with E-state index >= 15 is 0 Å². The third kappa shape index (κ3) is 5.29. The fourth-order valence-corrected chi connectivity index (χ4v) is 1.42. The van der Waals surface area contributed by atoms with E-state index in [1.165, 1.54) is 0 Å². The van der Waals surface area contributed by atoms with Crippen LogP contribution in [0.2, 0.25) is 0 Å². The normalized spacial score (nSPS) is 10.9. The molecule has 0 aliphatic heterocycles. The van der Waals surface area contributed by atoms with Gasteiger partial charge in [0.2, 0.25) is 5.91 Å². The number of aromatic nitrogens is 2. The molecule has 1 aromatic rings. The number of hydrogen-bond acceptors (Lipinski definition) is 4. The van der Waals surface area contributed by atoms with Crippen molar-refractivity contribution in [3.8, 4) is 0 Å². The van der Waals surface area contributed by atoms with Crippen LogP contribution in [-0.4, -0.2) is 42.5 Å². The van der Waals surface area contributed by atoms with E-state index in [2.05, 4.69) is 29.6 Å². The maximum absolute atomic E-state index is 11.4. The lowest BCUT2D eigenvalue weighted by Gasteiger charge is -2.06. The van der Waals surface area contributed by atoms with Gasteiger partial charge in [0.25, 0.3) is 0 Å². The van der Waals surface area contributed by atoms with Gasteiger partial charge in [-0.3, -0.25) is 9.48 Å². The van der Waals surface area contributed by atoms with Gasteiger partial charge >= 0.3 is 0 Å². The molecule has 102 valence electrons. The summed E-state index contributed by atoms with van der Waals surface area (Å²) in [6.45, 7) is 6.11. The second-order valence-corrected chi connectivity index (χ2v) is 4.33. The molecule has 0 saturated carbocycles. The second-order valence-electron chi connectivity index (χ2n) is 4.33. The lowest BCUT2D eigenvalue weighted by Crippen LogP contribution is -2.35. The number of ether oxygens (including phenoxy) is 1. The summed E-state index contributed by atoms with van der Waals surface area (Å²) in [5.41, 5.74) is 0.938. The number of carbonyl (C=O) groups is 1. The first-order chi connectivity index (χ1) is 8.63. The highest BCUT2D eigenvalue weighted by Crippen LogP contribution is 2.03. The molecule has 18 heavy (non-hydrogen) atoms. The van der Waals surface area contributed by atoms with Crippen molar-refractivity contribution in [2.75, 3.05) is 26.8 Å². The van der Waals surface area contributed by atoms with Gasteiger partial charge in [0.05, 0.1) is 18.8 Å². The zero-order chi connectivity index (χ0) is 13.4. The molecule has 0 aliphatic carbocycles. The van der Waals surface area contributed by atoms with Crippen LogP contribution in [0.15, 0.2) is 12.3 Å². The first kappa shape index (κ1) is 14.7. The van der Waals surface area contributed by atoms with Gasteiger partial charge in [0.15, 0.2) is 0 Å². The summed E-state index contributed by atoms with van der Waals surface area (Å²) in [6, 6.07) is 2.31. The molecule has 0 unspecified atom stereocenters. The van der Waals surface area contributed by atoms with E-state index in [4.69, 9.17) is 4.74 Å². The van der Waals surface area contributed by atoms with Crippen molar-refractivity contribution < 1.29 is 9.53 Å². The molecule has 1 amide bonds. The van der Waals surface area contributed by atoms with Crippen molar-refractivity contribution in [3.63, 3.8) is 0 Å². The molecule has 6 heteroatoms. The number of methoxy groups -OCH3 is 1. The van der Waals surface area contributed by atoms with Crippen LogP contribution in [0, 0.1) is 0 Å². The first-order valence-corrected chi connectivity index (χ1v) is 6.14. The molecule has 0 spiro atoms. The topological polar surface area (TPSA) is 68.2 Å². The SMILES string of the molecule is COCCNC(=O)CNCc1ccn(C(C)C)n1. The van der Waals surface area contributed by atoms with Crippen molar-refractivity contribution >= 4 is 5.91 Å². The Morgan fingerprint density at radius 2 is 2.33 bits per heavy atom. The monoisotopic (exact) mass is 254 g/mol. The van der Waals surface area contributed by atoms with E-state index in [0.717, 1.165) is 5.69 Å². The van der Waals surface area contributed by atoms with Gasteiger partial charge in [0, 0.05) is 32.4 Å². The minimum Gasteiger partial charge on any atom is -0.383 e.